The van der Waals surface area contributed by atoms with Gasteiger partial charge in [-0.2, -0.15) is 13.2 Å². The smallest absolute Gasteiger partial charge is 0.450 e. The number of carbonyl (C=O) groups is 2. The third-order valence-electron chi connectivity index (χ3n) is 5.53. The fourth-order valence-electron chi connectivity index (χ4n) is 3.85. The summed E-state index contributed by atoms with van der Waals surface area (Å²) in [5.74, 6) is -4.52. The maximum Gasteiger partial charge on any atom is 0.573 e. The van der Waals surface area contributed by atoms with E-state index in [1.165, 1.54) is 35.4 Å². The number of nitrogens with one attached hydrogen (secondary N) is 2. The van der Waals surface area contributed by atoms with Crippen molar-refractivity contribution in [3.8, 4) is 17.2 Å². The number of amides is 2. The first kappa shape index (κ1) is 28.5. The molecule has 16 heteroatoms. The van der Waals surface area contributed by atoms with Gasteiger partial charge in [-0.05, 0) is 37.6 Å². The van der Waals surface area contributed by atoms with Gasteiger partial charge in [-0.3, -0.25) is 4.79 Å². The van der Waals surface area contributed by atoms with E-state index in [1.807, 2.05) is 0 Å². The summed E-state index contributed by atoms with van der Waals surface area (Å²) in [7, 11) is 0. The van der Waals surface area contributed by atoms with Crippen LogP contribution in [0.4, 0.5) is 42.6 Å². The van der Waals surface area contributed by atoms with Crippen molar-refractivity contribution >= 4 is 23.5 Å². The van der Waals surface area contributed by atoms with E-state index >= 15 is 0 Å². The van der Waals surface area contributed by atoms with Crippen LogP contribution in [0.2, 0.25) is 0 Å². The quantitative estimate of drug-likeness (QED) is 0.354. The highest BCUT2D eigenvalue weighted by molar-refractivity contribution is 6.04. The molecule has 2 amide bonds. The van der Waals surface area contributed by atoms with E-state index in [9.17, 15) is 35.9 Å². The highest BCUT2D eigenvalue weighted by Gasteiger charge is 2.42. The van der Waals surface area contributed by atoms with Gasteiger partial charge in [0.25, 0.3) is 5.91 Å². The van der Waals surface area contributed by atoms with Gasteiger partial charge < -0.3 is 29.4 Å². The number of alkyl halides is 6. The van der Waals surface area contributed by atoms with E-state index in [-0.39, 0.29) is 18.3 Å². The van der Waals surface area contributed by atoms with Crippen LogP contribution >= 0.6 is 0 Å². The molecule has 10 nitrogen and oxygen atoms in total. The third kappa shape index (κ3) is 6.92. The molecule has 0 spiro atoms. The SMILES string of the molecule is CCOC(=O)N1CCC(Nc2ccc(NC(=O)c3nc(-c4ccccc4OC(F)(F)F)oc3C(F)(F)F)cn2)C1. The molecule has 0 bridgehead atoms. The third-order valence-corrected chi connectivity index (χ3v) is 5.53. The number of rotatable bonds is 7. The first-order valence-corrected chi connectivity index (χ1v) is 11.7. The monoisotopic (exact) mass is 573 g/mol. The van der Waals surface area contributed by atoms with Crippen LogP contribution < -0.4 is 15.4 Å². The minimum Gasteiger partial charge on any atom is -0.450 e. The summed E-state index contributed by atoms with van der Waals surface area (Å²) in [5.41, 5.74) is -1.74. The van der Waals surface area contributed by atoms with E-state index in [4.69, 9.17) is 9.15 Å². The molecular weight excluding hydrogens is 552 g/mol. The lowest BCUT2D eigenvalue weighted by molar-refractivity contribution is -0.274. The minimum absolute atomic E-state index is 0.00796. The first-order valence-electron chi connectivity index (χ1n) is 11.7. The number of likely N-dealkylation sites (tertiary alicyclic amines) is 1. The number of hydrogen-bond acceptors (Lipinski definition) is 8. The average Bonchev–Trinajstić information content (AvgIpc) is 3.53. The molecule has 4 rings (SSSR count). The number of anilines is 2. The summed E-state index contributed by atoms with van der Waals surface area (Å²) < 4.78 is 92.7. The van der Waals surface area contributed by atoms with Crippen molar-refractivity contribution in [1.29, 1.82) is 0 Å². The summed E-state index contributed by atoms with van der Waals surface area (Å²) in [5, 5.41) is 5.32. The van der Waals surface area contributed by atoms with Crippen LogP contribution in [0.1, 0.15) is 29.6 Å². The summed E-state index contributed by atoms with van der Waals surface area (Å²) in [6.45, 7) is 2.82. The zero-order chi connectivity index (χ0) is 29.1. The highest BCUT2D eigenvalue weighted by Crippen LogP contribution is 2.39. The van der Waals surface area contributed by atoms with E-state index in [1.54, 1.807) is 6.92 Å². The maximum absolute atomic E-state index is 13.6. The highest BCUT2D eigenvalue weighted by atomic mass is 19.4. The molecular formula is C24H21F6N5O5. The topological polar surface area (TPSA) is 119 Å². The Hall–Kier alpha value is -4.50. The van der Waals surface area contributed by atoms with Crippen LogP contribution in [0.15, 0.2) is 47.0 Å². The van der Waals surface area contributed by atoms with Crippen LogP contribution in [-0.2, 0) is 10.9 Å². The van der Waals surface area contributed by atoms with Crippen molar-refractivity contribution in [2.75, 3.05) is 30.3 Å². The molecule has 3 aromatic rings. The molecule has 1 atom stereocenters. The molecule has 1 fully saturated rings. The van der Waals surface area contributed by atoms with Crippen LogP contribution in [0.25, 0.3) is 11.5 Å². The maximum atomic E-state index is 13.6. The van der Waals surface area contributed by atoms with E-state index in [2.05, 4.69) is 25.3 Å². The second-order valence-electron chi connectivity index (χ2n) is 8.40. The number of hydrogen-bond donors (Lipinski definition) is 2. The largest absolute Gasteiger partial charge is 0.573 e. The molecule has 214 valence electrons. The molecule has 0 radical (unpaired) electrons. The fraction of sp³-hybridized carbons (Fsp3) is 0.333. The fourth-order valence-corrected chi connectivity index (χ4v) is 3.85. The Labute approximate surface area is 222 Å². The van der Waals surface area contributed by atoms with Gasteiger partial charge in [-0.15, -0.1) is 13.2 Å². The number of oxazole rings is 1. The van der Waals surface area contributed by atoms with Gasteiger partial charge in [0.2, 0.25) is 11.7 Å². The zero-order valence-electron chi connectivity index (χ0n) is 20.6. The normalized spacial score (nSPS) is 15.6. The molecule has 2 N–H and O–H groups in total. The number of para-hydroxylation sites is 1. The minimum atomic E-state index is -5.19. The van der Waals surface area contributed by atoms with Gasteiger partial charge in [0.05, 0.1) is 24.1 Å². The summed E-state index contributed by atoms with van der Waals surface area (Å²) in [6, 6.07) is 6.97. The lowest BCUT2D eigenvalue weighted by Crippen LogP contribution is -2.32. The van der Waals surface area contributed by atoms with Crippen molar-refractivity contribution in [3.63, 3.8) is 0 Å². The van der Waals surface area contributed by atoms with Gasteiger partial charge in [0, 0.05) is 19.1 Å². The molecule has 1 unspecified atom stereocenters. The molecule has 40 heavy (non-hydrogen) atoms. The van der Waals surface area contributed by atoms with Crippen LogP contribution in [-0.4, -0.2) is 59.0 Å². The molecule has 3 heterocycles. The number of ether oxygens (including phenoxy) is 2. The second kappa shape index (κ2) is 11.3. The molecule has 1 aliphatic heterocycles. The standard InChI is InChI=1S/C24H21F6N5O5/c1-2-38-22(37)35-10-9-14(12-35)32-17-8-7-13(11-31-17)33-20(36)18-19(23(25,26)27)39-21(34-18)15-5-3-4-6-16(15)40-24(28,29)30/h3-8,11,14H,2,9-10,12H2,1H3,(H,31,32)(H,33,36). The predicted octanol–water partition coefficient (Wildman–Crippen LogP) is 5.55. The zero-order valence-corrected chi connectivity index (χ0v) is 20.6. The number of halogens is 6. The molecule has 1 saturated heterocycles. The van der Waals surface area contributed by atoms with Gasteiger partial charge in [-0.1, -0.05) is 12.1 Å². The molecule has 2 aromatic heterocycles. The van der Waals surface area contributed by atoms with Gasteiger partial charge in [0.1, 0.15) is 11.6 Å². The van der Waals surface area contributed by atoms with Crippen LogP contribution in [0.3, 0.4) is 0 Å². The second-order valence-corrected chi connectivity index (χ2v) is 8.40. The van der Waals surface area contributed by atoms with Crippen LogP contribution in [0, 0.1) is 0 Å². The summed E-state index contributed by atoms with van der Waals surface area (Å²) >= 11 is 0. The van der Waals surface area contributed by atoms with E-state index < -0.39 is 53.2 Å². The van der Waals surface area contributed by atoms with E-state index in [0.29, 0.717) is 25.3 Å². The van der Waals surface area contributed by atoms with Gasteiger partial charge in [-0.25, -0.2) is 14.8 Å². The predicted molar refractivity (Wildman–Crippen MR) is 126 cm³/mol. The number of nitrogens with zero attached hydrogens (tertiary/aromatic N) is 3. The van der Waals surface area contributed by atoms with Crippen molar-refractivity contribution < 1.29 is 49.8 Å². The van der Waals surface area contributed by atoms with Crippen molar-refractivity contribution in [1.82, 2.24) is 14.9 Å². The van der Waals surface area contributed by atoms with E-state index in [0.717, 1.165) is 12.1 Å². The molecule has 1 aliphatic rings. The Morgan fingerprint density at radius 3 is 2.52 bits per heavy atom. The Bertz CT molecular complexity index is 1360. The summed E-state index contributed by atoms with van der Waals surface area (Å²) in [4.78, 5) is 33.7. The average molecular weight is 573 g/mol. The van der Waals surface area contributed by atoms with Gasteiger partial charge in [0.15, 0.2) is 5.69 Å². The van der Waals surface area contributed by atoms with Crippen LogP contribution in [0.5, 0.6) is 5.75 Å². The van der Waals surface area contributed by atoms with Crippen molar-refractivity contribution in [2.24, 2.45) is 0 Å². The Kier molecular flexibility index (Phi) is 8.06. The van der Waals surface area contributed by atoms with Gasteiger partial charge >= 0.3 is 18.6 Å². The Balaban J connectivity index is 1.49. The summed E-state index contributed by atoms with van der Waals surface area (Å²) in [6.07, 6.45) is -8.95. The number of aromatic nitrogens is 2. The molecule has 0 saturated carbocycles. The first-order chi connectivity index (χ1) is 18.8. The van der Waals surface area contributed by atoms with Crippen molar-refractivity contribution in [3.05, 3.63) is 54.0 Å². The lowest BCUT2D eigenvalue weighted by atomic mass is 10.2. The van der Waals surface area contributed by atoms with Crippen molar-refractivity contribution in [2.45, 2.75) is 31.9 Å². The number of carbonyl (C=O) groups excluding carboxylic acids is 2. The molecule has 0 aliphatic carbocycles. The number of benzene rings is 1. The number of pyridine rings is 1. The Morgan fingerprint density at radius 1 is 1.12 bits per heavy atom. The molecule has 1 aromatic carbocycles. The lowest BCUT2D eigenvalue weighted by Gasteiger charge is -2.16. The Morgan fingerprint density at radius 2 is 1.88 bits per heavy atom.